The molecule has 0 radical (unpaired) electrons. The predicted molar refractivity (Wildman–Crippen MR) is 86.2 cm³/mol. The molecular weight excluding hydrogens is 282 g/mol. The maximum atomic E-state index is 11.9. The lowest BCUT2D eigenvalue weighted by Crippen LogP contribution is -2.36. The van der Waals surface area contributed by atoms with Gasteiger partial charge in [0.25, 0.3) is 0 Å². The Kier molecular flexibility index (Phi) is 5.63. The number of carbonyl (C=O) groups excluding carboxylic acids is 1. The Balaban J connectivity index is 1.90. The van der Waals surface area contributed by atoms with Gasteiger partial charge in [-0.2, -0.15) is 0 Å². The van der Waals surface area contributed by atoms with Crippen molar-refractivity contribution in [3.05, 3.63) is 59.9 Å². The minimum absolute atomic E-state index is 0.0441. The second-order valence-corrected chi connectivity index (χ2v) is 5.46. The van der Waals surface area contributed by atoms with Gasteiger partial charge in [0.2, 0.25) is 0 Å². The molecule has 1 aromatic carbocycles. The van der Waals surface area contributed by atoms with E-state index in [0.29, 0.717) is 6.54 Å². The zero-order valence-electron chi connectivity index (χ0n) is 12.2. The molecule has 110 valence electrons. The molecule has 0 bridgehead atoms. The number of hydrogen-bond donors (Lipinski definition) is 2. The largest absolute Gasteiger partial charge is 0.332 e. The molecular formula is C16H19N3OS. The number of thioether (sulfide) groups is 1. The van der Waals surface area contributed by atoms with Gasteiger partial charge in [-0.05, 0) is 36.9 Å². The van der Waals surface area contributed by atoms with Gasteiger partial charge in [0, 0.05) is 11.1 Å². The average Bonchev–Trinajstić information content (AvgIpc) is 2.53. The van der Waals surface area contributed by atoms with Crippen LogP contribution in [0.3, 0.4) is 0 Å². The van der Waals surface area contributed by atoms with E-state index >= 15 is 0 Å². The summed E-state index contributed by atoms with van der Waals surface area (Å²) in [5.74, 6) is 0. The minimum Gasteiger partial charge on any atom is -0.332 e. The van der Waals surface area contributed by atoms with E-state index in [-0.39, 0.29) is 12.1 Å². The number of nitrogens with zero attached hydrogens (tertiary/aromatic N) is 1. The van der Waals surface area contributed by atoms with Crippen molar-refractivity contribution in [2.75, 3.05) is 6.26 Å². The quantitative estimate of drug-likeness (QED) is 0.833. The maximum Gasteiger partial charge on any atom is 0.315 e. The predicted octanol–water partition coefficient (Wildman–Crippen LogP) is 3.36. The van der Waals surface area contributed by atoms with E-state index in [1.54, 1.807) is 18.0 Å². The maximum absolute atomic E-state index is 11.9. The number of urea groups is 1. The van der Waals surface area contributed by atoms with Gasteiger partial charge in [-0.1, -0.05) is 24.3 Å². The zero-order valence-corrected chi connectivity index (χ0v) is 13.0. The summed E-state index contributed by atoms with van der Waals surface area (Å²) in [7, 11) is 0. The van der Waals surface area contributed by atoms with Crippen LogP contribution in [0.15, 0.2) is 53.6 Å². The molecule has 0 aliphatic carbocycles. The smallest absolute Gasteiger partial charge is 0.315 e. The number of carbonyl (C=O) groups is 1. The Morgan fingerprint density at radius 1 is 1.24 bits per heavy atom. The lowest BCUT2D eigenvalue weighted by atomic mass is 10.1. The third-order valence-electron chi connectivity index (χ3n) is 3.11. The van der Waals surface area contributed by atoms with Crippen molar-refractivity contribution >= 4 is 17.8 Å². The Hall–Kier alpha value is -2.01. The Bertz CT molecular complexity index is 589. The van der Waals surface area contributed by atoms with E-state index in [2.05, 4.69) is 21.7 Å². The minimum atomic E-state index is -0.191. The fourth-order valence-electron chi connectivity index (χ4n) is 2.02. The van der Waals surface area contributed by atoms with E-state index in [4.69, 9.17) is 0 Å². The summed E-state index contributed by atoms with van der Waals surface area (Å²) in [5, 5.41) is 5.77. The van der Waals surface area contributed by atoms with Crippen LogP contribution in [0.1, 0.15) is 24.2 Å². The van der Waals surface area contributed by atoms with Crippen LogP contribution < -0.4 is 10.6 Å². The van der Waals surface area contributed by atoms with Crippen LogP contribution in [0.25, 0.3) is 0 Å². The summed E-state index contributed by atoms with van der Waals surface area (Å²) in [6, 6.07) is 13.5. The molecule has 2 amide bonds. The van der Waals surface area contributed by atoms with E-state index in [1.165, 1.54) is 4.90 Å². The van der Waals surface area contributed by atoms with Gasteiger partial charge in [-0.3, -0.25) is 4.98 Å². The van der Waals surface area contributed by atoms with Crippen LogP contribution in [0.4, 0.5) is 4.79 Å². The van der Waals surface area contributed by atoms with Crippen LogP contribution in [0, 0.1) is 0 Å². The number of amides is 2. The van der Waals surface area contributed by atoms with Crippen LogP contribution >= 0.6 is 11.8 Å². The van der Waals surface area contributed by atoms with Crippen LogP contribution in [-0.4, -0.2) is 17.3 Å². The third kappa shape index (κ3) is 4.49. The highest BCUT2D eigenvalue weighted by Crippen LogP contribution is 2.25. The van der Waals surface area contributed by atoms with Gasteiger partial charge in [-0.15, -0.1) is 11.8 Å². The van der Waals surface area contributed by atoms with Crippen LogP contribution in [0.5, 0.6) is 0 Å². The first-order chi connectivity index (χ1) is 10.2. The van der Waals surface area contributed by atoms with Gasteiger partial charge >= 0.3 is 6.03 Å². The molecule has 1 atom stereocenters. The number of nitrogens with one attached hydrogen (secondary N) is 2. The molecule has 5 heteroatoms. The highest BCUT2D eigenvalue weighted by atomic mass is 32.2. The van der Waals surface area contributed by atoms with Gasteiger partial charge in [0.05, 0.1) is 18.3 Å². The first-order valence-corrected chi connectivity index (χ1v) is 8.00. The fourth-order valence-corrected chi connectivity index (χ4v) is 2.72. The molecule has 0 spiro atoms. The zero-order chi connectivity index (χ0) is 15.1. The number of pyridine rings is 1. The van der Waals surface area contributed by atoms with Crippen LogP contribution in [0.2, 0.25) is 0 Å². The van der Waals surface area contributed by atoms with Crippen molar-refractivity contribution in [3.8, 4) is 0 Å². The molecule has 0 saturated carbocycles. The molecule has 21 heavy (non-hydrogen) atoms. The molecule has 4 nitrogen and oxygen atoms in total. The molecule has 1 heterocycles. The number of aromatic nitrogens is 1. The number of rotatable bonds is 5. The molecule has 2 N–H and O–H groups in total. The highest BCUT2D eigenvalue weighted by Gasteiger charge is 2.12. The molecule has 0 unspecified atom stereocenters. The van der Waals surface area contributed by atoms with E-state index in [9.17, 15) is 4.79 Å². The van der Waals surface area contributed by atoms with Gasteiger partial charge in [0.15, 0.2) is 0 Å². The summed E-state index contributed by atoms with van der Waals surface area (Å²) < 4.78 is 0. The molecule has 2 rings (SSSR count). The Morgan fingerprint density at radius 2 is 2.00 bits per heavy atom. The van der Waals surface area contributed by atoms with Crippen molar-refractivity contribution in [3.63, 3.8) is 0 Å². The lowest BCUT2D eigenvalue weighted by Gasteiger charge is -2.17. The topological polar surface area (TPSA) is 54.0 Å². The summed E-state index contributed by atoms with van der Waals surface area (Å²) in [6.07, 6.45) is 3.75. The van der Waals surface area contributed by atoms with Crippen molar-refractivity contribution in [2.45, 2.75) is 24.4 Å². The van der Waals surface area contributed by atoms with Crippen molar-refractivity contribution < 1.29 is 4.79 Å². The van der Waals surface area contributed by atoms with E-state index < -0.39 is 0 Å². The fraction of sp³-hybridized carbons (Fsp3) is 0.250. The molecule has 0 aliphatic heterocycles. The first kappa shape index (κ1) is 15.4. The molecule has 0 fully saturated rings. The highest BCUT2D eigenvalue weighted by molar-refractivity contribution is 7.98. The van der Waals surface area contributed by atoms with Crippen molar-refractivity contribution in [2.24, 2.45) is 0 Å². The lowest BCUT2D eigenvalue weighted by molar-refractivity contribution is 0.237. The molecule has 2 aromatic rings. The second-order valence-electron chi connectivity index (χ2n) is 4.61. The van der Waals surface area contributed by atoms with Gasteiger partial charge < -0.3 is 10.6 Å². The van der Waals surface area contributed by atoms with Crippen molar-refractivity contribution in [1.29, 1.82) is 0 Å². The van der Waals surface area contributed by atoms with E-state index in [0.717, 1.165) is 11.3 Å². The SMILES string of the molecule is CSc1ccccc1[C@H](C)NC(=O)NCc1ccccn1. The summed E-state index contributed by atoms with van der Waals surface area (Å²) in [5.41, 5.74) is 1.96. The van der Waals surface area contributed by atoms with Gasteiger partial charge in [0.1, 0.15) is 0 Å². The summed E-state index contributed by atoms with van der Waals surface area (Å²) in [6.45, 7) is 2.40. The molecule has 0 aliphatic rings. The Morgan fingerprint density at radius 3 is 2.71 bits per heavy atom. The molecule has 1 aromatic heterocycles. The number of benzene rings is 1. The molecule has 0 saturated heterocycles. The first-order valence-electron chi connectivity index (χ1n) is 6.78. The second kappa shape index (κ2) is 7.69. The average molecular weight is 301 g/mol. The normalized spacial score (nSPS) is 11.7. The monoisotopic (exact) mass is 301 g/mol. The standard InChI is InChI=1S/C16H19N3OS/c1-12(14-8-3-4-9-15(14)21-2)19-16(20)18-11-13-7-5-6-10-17-13/h3-10,12H,11H2,1-2H3,(H2,18,19,20)/t12-/m0/s1. The summed E-state index contributed by atoms with van der Waals surface area (Å²) in [4.78, 5) is 17.3. The Labute approximate surface area is 129 Å². The van der Waals surface area contributed by atoms with Gasteiger partial charge in [-0.25, -0.2) is 4.79 Å². The van der Waals surface area contributed by atoms with E-state index in [1.807, 2.05) is 49.6 Å². The van der Waals surface area contributed by atoms with Crippen LogP contribution in [-0.2, 0) is 6.54 Å². The van der Waals surface area contributed by atoms with Crippen molar-refractivity contribution in [1.82, 2.24) is 15.6 Å². The third-order valence-corrected chi connectivity index (χ3v) is 3.92. The number of hydrogen-bond acceptors (Lipinski definition) is 3. The summed E-state index contributed by atoms with van der Waals surface area (Å²) >= 11 is 1.68.